The van der Waals surface area contributed by atoms with E-state index in [2.05, 4.69) is 5.32 Å². The Balaban J connectivity index is 2.02. The molecule has 0 saturated carbocycles. The van der Waals surface area contributed by atoms with E-state index in [4.69, 9.17) is 4.74 Å². The van der Waals surface area contributed by atoms with Crippen molar-refractivity contribution < 1.29 is 14.3 Å². The minimum atomic E-state index is -0.168. The van der Waals surface area contributed by atoms with Gasteiger partial charge in [0.2, 0.25) is 5.91 Å². The van der Waals surface area contributed by atoms with Crippen molar-refractivity contribution in [1.29, 1.82) is 0 Å². The summed E-state index contributed by atoms with van der Waals surface area (Å²) < 4.78 is 5.11. The van der Waals surface area contributed by atoms with Crippen LogP contribution in [-0.4, -0.2) is 37.6 Å². The van der Waals surface area contributed by atoms with Crippen molar-refractivity contribution in [3.8, 4) is 11.1 Å². The first-order chi connectivity index (χ1) is 13.4. The maximum absolute atomic E-state index is 12.8. The number of hydrogen-bond acceptors (Lipinski definition) is 3. The van der Waals surface area contributed by atoms with Gasteiger partial charge in [-0.05, 0) is 56.5 Å². The molecule has 2 unspecified atom stereocenters. The summed E-state index contributed by atoms with van der Waals surface area (Å²) in [6, 6.07) is 13.9. The van der Waals surface area contributed by atoms with Crippen LogP contribution in [-0.2, 0) is 9.53 Å². The quantitative estimate of drug-likeness (QED) is 0.826. The fourth-order valence-electron chi connectivity index (χ4n) is 3.62. The lowest BCUT2D eigenvalue weighted by Crippen LogP contribution is -2.36. The molecule has 148 valence electrons. The Bertz CT molecular complexity index is 861. The first kappa shape index (κ1) is 20.1. The van der Waals surface area contributed by atoms with Gasteiger partial charge in [-0.3, -0.25) is 9.59 Å². The number of hydrogen-bond donors (Lipinski definition) is 1. The van der Waals surface area contributed by atoms with Crippen molar-refractivity contribution in [1.82, 2.24) is 5.32 Å². The maximum Gasteiger partial charge on any atom is 0.251 e. The number of nitrogens with zero attached hydrogens (tertiary/aromatic N) is 1. The second-order valence-corrected chi connectivity index (χ2v) is 7.62. The van der Waals surface area contributed by atoms with E-state index in [1.54, 1.807) is 7.11 Å². The first-order valence-electron chi connectivity index (χ1n) is 9.73. The lowest BCUT2D eigenvalue weighted by Gasteiger charge is -2.23. The third kappa shape index (κ3) is 4.42. The van der Waals surface area contributed by atoms with Gasteiger partial charge in [0.15, 0.2) is 0 Å². The topological polar surface area (TPSA) is 58.6 Å². The average Bonchev–Trinajstić information content (AvgIpc) is 3.00. The number of carbonyl (C=O) groups is 2. The van der Waals surface area contributed by atoms with Crippen LogP contribution < -0.4 is 10.2 Å². The highest BCUT2D eigenvalue weighted by Gasteiger charge is 2.29. The van der Waals surface area contributed by atoms with Crippen molar-refractivity contribution in [3.05, 3.63) is 53.6 Å². The standard InChI is InChI=1S/C23H28N2O3/c1-15-5-8-18(9-6-15)19-11-20(23(27)24-16(2)14-28-4)13-21(12-19)25-17(3)7-10-22(25)26/h5-6,8-9,11-13,16-17H,7,10,14H2,1-4H3,(H,24,27). The molecule has 0 aliphatic carbocycles. The van der Waals surface area contributed by atoms with E-state index in [0.717, 1.165) is 23.2 Å². The molecule has 28 heavy (non-hydrogen) atoms. The second kappa shape index (κ2) is 8.57. The molecule has 1 fully saturated rings. The predicted molar refractivity (Wildman–Crippen MR) is 112 cm³/mol. The van der Waals surface area contributed by atoms with Crippen molar-refractivity contribution in [2.45, 2.75) is 45.7 Å². The molecule has 5 heteroatoms. The third-order valence-corrected chi connectivity index (χ3v) is 5.12. The van der Waals surface area contributed by atoms with Crippen LogP contribution >= 0.6 is 0 Å². The normalized spacial score (nSPS) is 17.6. The predicted octanol–water partition coefficient (Wildman–Crippen LogP) is 3.94. The highest BCUT2D eigenvalue weighted by atomic mass is 16.5. The summed E-state index contributed by atoms with van der Waals surface area (Å²) in [6.45, 7) is 6.43. The minimum absolute atomic E-state index is 0.101. The van der Waals surface area contributed by atoms with Crippen molar-refractivity contribution in [2.24, 2.45) is 0 Å². The summed E-state index contributed by atoms with van der Waals surface area (Å²) in [5, 5.41) is 2.96. The van der Waals surface area contributed by atoms with Gasteiger partial charge in [0.05, 0.1) is 6.61 Å². The molecule has 1 N–H and O–H groups in total. The molecule has 2 aromatic carbocycles. The highest BCUT2D eigenvalue weighted by Crippen LogP contribution is 2.32. The van der Waals surface area contributed by atoms with E-state index < -0.39 is 0 Å². The molecule has 1 saturated heterocycles. The molecule has 0 bridgehead atoms. The summed E-state index contributed by atoms with van der Waals surface area (Å²) in [7, 11) is 1.61. The van der Waals surface area contributed by atoms with Crippen LogP contribution in [0, 0.1) is 6.92 Å². The van der Waals surface area contributed by atoms with Crippen LogP contribution in [0.4, 0.5) is 5.69 Å². The zero-order valence-electron chi connectivity index (χ0n) is 17.0. The fraction of sp³-hybridized carbons (Fsp3) is 0.391. The van der Waals surface area contributed by atoms with Gasteiger partial charge in [-0.15, -0.1) is 0 Å². The van der Waals surface area contributed by atoms with E-state index in [1.165, 1.54) is 5.56 Å². The van der Waals surface area contributed by atoms with E-state index in [-0.39, 0.29) is 23.9 Å². The number of anilines is 1. The van der Waals surface area contributed by atoms with E-state index in [0.29, 0.717) is 18.6 Å². The zero-order valence-corrected chi connectivity index (χ0v) is 17.0. The summed E-state index contributed by atoms with van der Waals surface area (Å²) >= 11 is 0. The molecule has 0 spiro atoms. The average molecular weight is 380 g/mol. The van der Waals surface area contributed by atoms with Gasteiger partial charge in [-0.25, -0.2) is 0 Å². The van der Waals surface area contributed by atoms with Gasteiger partial charge in [0.25, 0.3) is 5.91 Å². The number of rotatable bonds is 6. The molecule has 3 rings (SSSR count). The summed E-state index contributed by atoms with van der Waals surface area (Å²) in [6.07, 6.45) is 1.38. The van der Waals surface area contributed by atoms with Crippen molar-refractivity contribution in [3.63, 3.8) is 0 Å². The van der Waals surface area contributed by atoms with Crippen LogP contribution in [0.1, 0.15) is 42.6 Å². The van der Waals surface area contributed by atoms with Gasteiger partial charge in [-0.1, -0.05) is 29.8 Å². The second-order valence-electron chi connectivity index (χ2n) is 7.62. The molecule has 2 amide bonds. The molecule has 2 aromatic rings. The van der Waals surface area contributed by atoms with Crippen molar-refractivity contribution >= 4 is 17.5 Å². The smallest absolute Gasteiger partial charge is 0.251 e. The molecule has 1 heterocycles. The number of ether oxygens (including phenoxy) is 1. The Kier molecular flexibility index (Phi) is 6.15. The monoisotopic (exact) mass is 380 g/mol. The molecule has 0 aromatic heterocycles. The summed E-state index contributed by atoms with van der Waals surface area (Å²) in [4.78, 5) is 27.1. The number of methoxy groups -OCH3 is 1. The molecule has 1 aliphatic heterocycles. The van der Waals surface area contributed by atoms with Crippen LogP contribution in [0.3, 0.4) is 0 Å². The molecule has 0 radical (unpaired) electrons. The Hall–Kier alpha value is -2.66. The first-order valence-corrected chi connectivity index (χ1v) is 9.73. The van der Waals surface area contributed by atoms with Gasteiger partial charge in [0.1, 0.15) is 0 Å². The SMILES string of the molecule is COCC(C)NC(=O)c1cc(-c2ccc(C)cc2)cc(N2C(=O)CCC2C)c1. The lowest BCUT2D eigenvalue weighted by molar-refractivity contribution is -0.117. The van der Waals surface area contributed by atoms with Crippen LogP contribution in [0.25, 0.3) is 11.1 Å². The van der Waals surface area contributed by atoms with Gasteiger partial charge in [-0.2, -0.15) is 0 Å². The van der Waals surface area contributed by atoms with Crippen LogP contribution in [0.2, 0.25) is 0 Å². The van der Waals surface area contributed by atoms with Gasteiger partial charge < -0.3 is 15.0 Å². The zero-order chi connectivity index (χ0) is 20.3. The number of carbonyl (C=O) groups excluding carboxylic acids is 2. The largest absolute Gasteiger partial charge is 0.383 e. The van der Waals surface area contributed by atoms with E-state index in [9.17, 15) is 9.59 Å². The number of nitrogens with one attached hydrogen (secondary N) is 1. The van der Waals surface area contributed by atoms with E-state index >= 15 is 0 Å². The fourth-order valence-corrected chi connectivity index (χ4v) is 3.62. The molecular weight excluding hydrogens is 352 g/mol. The Morgan fingerprint density at radius 2 is 1.93 bits per heavy atom. The summed E-state index contributed by atoms with van der Waals surface area (Å²) in [5.41, 5.74) is 4.44. The summed E-state index contributed by atoms with van der Waals surface area (Å²) in [5.74, 6) is -0.0632. The Labute approximate surface area is 166 Å². The molecular formula is C23H28N2O3. The lowest BCUT2D eigenvalue weighted by atomic mass is 10.00. The maximum atomic E-state index is 12.8. The number of benzene rings is 2. The minimum Gasteiger partial charge on any atom is -0.383 e. The number of aryl methyl sites for hydroxylation is 1. The highest BCUT2D eigenvalue weighted by molar-refractivity contribution is 6.01. The third-order valence-electron chi connectivity index (χ3n) is 5.12. The van der Waals surface area contributed by atoms with Gasteiger partial charge >= 0.3 is 0 Å². The number of amides is 2. The van der Waals surface area contributed by atoms with Crippen LogP contribution in [0.5, 0.6) is 0 Å². The molecule has 2 atom stereocenters. The molecule has 1 aliphatic rings. The van der Waals surface area contributed by atoms with Gasteiger partial charge in [0, 0.05) is 36.9 Å². The van der Waals surface area contributed by atoms with E-state index in [1.807, 2.05) is 68.1 Å². The van der Waals surface area contributed by atoms with Crippen LogP contribution in [0.15, 0.2) is 42.5 Å². The Morgan fingerprint density at radius 3 is 2.54 bits per heavy atom. The molecule has 5 nitrogen and oxygen atoms in total. The van der Waals surface area contributed by atoms with Crippen molar-refractivity contribution in [2.75, 3.05) is 18.6 Å². The Morgan fingerprint density at radius 1 is 1.21 bits per heavy atom.